The summed E-state index contributed by atoms with van der Waals surface area (Å²) in [5.41, 5.74) is 3.97. The first-order chi connectivity index (χ1) is 14.9. The van der Waals surface area contributed by atoms with Gasteiger partial charge in [-0.2, -0.15) is 0 Å². The summed E-state index contributed by atoms with van der Waals surface area (Å²) in [5.74, 6) is 2.50. The molecule has 31 heavy (non-hydrogen) atoms. The van der Waals surface area contributed by atoms with Crippen molar-refractivity contribution in [2.45, 2.75) is 20.4 Å². The van der Waals surface area contributed by atoms with Crippen LogP contribution in [0.4, 0.5) is 5.69 Å². The maximum atomic E-state index is 5.90. The topological polar surface area (TPSA) is 60.6 Å². The zero-order valence-corrected chi connectivity index (χ0v) is 19.0. The Morgan fingerprint density at radius 3 is 2.35 bits per heavy atom. The lowest BCUT2D eigenvalue weighted by atomic mass is 10.2. The fourth-order valence-electron chi connectivity index (χ4n) is 3.21. The fraction of sp³-hybridized carbons (Fsp3) is 0.333. The largest absolute Gasteiger partial charge is 0.497 e. The van der Waals surface area contributed by atoms with Crippen LogP contribution in [0, 0.1) is 6.92 Å². The van der Waals surface area contributed by atoms with Crippen LogP contribution < -0.4 is 9.47 Å². The van der Waals surface area contributed by atoms with Crippen LogP contribution in [-0.2, 0) is 11.4 Å². The number of benzene rings is 2. The number of hydrogen-bond donors (Lipinski definition) is 0. The van der Waals surface area contributed by atoms with Gasteiger partial charge in [-0.05, 0) is 62.4 Å². The van der Waals surface area contributed by atoms with E-state index >= 15 is 0 Å². The van der Waals surface area contributed by atoms with E-state index < -0.39 is 0 Å². The van der Waals surface area contributed by atoms with E-state index in [1.54, 1.807) is 14.2 Å². The minimum Gasteiger partial charge on any atom is -0.497 e. The van der Waals surface area contributed by atoms with Gasteiger partial charge in [-0.25, -0.2) is 4.99 Å². The number of aliphatic imine (C=N–C) groups is 1. The number of fused-ring (bicyclic) bond motifs is 1. The van der Waals surface area contributed by atoms with Crippen molar-refractivity contribution in [3.63, 3.8) is 0 Å². The minimum absolute atomic E-state index is 0.323. The number of aromatic nitrogens is 1. The molecule has 0 aliphatic heterocycles. The number of oxime groups is 1. The van der Waals surface area contributed by atoms with Gasteiger partial charge in [-0.1, -0.05) is 5.16 Å². The van der Waals surface area contributed by atoms with Crippen molar-refractivity contribution in [2.24, 2.45) is 10.1 Å². The van der Waals surface area contributed by atoms with Gasteiger partial charge in [0.25, 0.3) is 0 Å². The van der Waals surface area contributed by atoms with Gasteiger partial charge in [0.1, 0.15) is 36.8 Å². The molecule has 1 heterocycles. The number of nitrogens with zero attached hydrogens (tertiary/aromatic N) is 4. The lowest BCUT2D eigenvalue weighted by molar-refractivity contribution is 0.208. The molecule has 0 saturated heterocycles. The zero-order valence-electron chi connectivity index (χ0n) is 19.0. The van der Waals surface area contributed by atoms with E-state index in [-0.39, 0.29) is 0 Å². The molecule has 0 unspecified atom stereocenters. The van der Waals surface area contributed by atoms with Crippen LogP contribution in [0.3, 0.4) is 0 Å². The third kappa shape index (κ3) is 5.57. The fourth-order valence-corrected chi connectivity index (χ4v) is 3.21. The summed E-state index contributed by atoms with van der Waals surface area (Å²) in [6, 6.07) is 15.9. The van der Waals surface area contributed by atoms with Crippen molar-refractivity contribution in [3.05, 3.63) is 54.2 Å². The van der Waals surface area contributed by atoms with Crippen molar-refractivity contribution in [2.75, 3.05) is 34.9 Å². The van der Waals surface area contributed by atoms with Crippen LogP contribution in [0.25, 0.3) is 10.9 Å². The molecule has 0 radical (unpaired) electrons. The molecule has 1 aromatic heterocycles. The molecule has 0 bridgehead atoms. The Morgan fingerprint density at radius 1 is 1.00 bits per heavy atom. The molecular formula is C24H30N4O3. The molecule has 7 nitrogen and oxygen atoms in total. The molecule has 0 N–H and O–H groups in total. The average molecular weight is 423 g/mol. The monoisotopic (exact) mass is 422 g/mol. The number of rotatable bonds is 8. The van der Waals surface area contributed by atoms with Crippen LogP contribution >= 0.6 is 0 Å². The van der Waals surface area contributed by atoms with Gasteiger partial charge < -0.3 is 23.8 Å². The van der Waals surface area contributed by atoms with Crippen LogP contribution in [0.5, 0.6) is 11.5 Å². The molecule has 0 saturated carbocycles. The molecule has 0 amide bonds. The third-order valence-corrected chi connectivity index (χ3v) is 5.06. The number of hydrogen-bond acceptors (Lipinski definition) is 5. The van der Waals surface area contributed by atoms with E-state index in [0.717, 1.165) is 45.3 Å². The second-order valence-corrected chi connectivity index (χ2v) is 7.47. The highest BCUT2D eigenvalue weighted by Gasteiger charge is 2.11. The first kappa shape index (κ1) is 22.2. The normalized spacial score (nSPS) is 12.2. The van der Waals surface area contributed by atoms with E-state index in [9.17, 15) is 0 Å². The zero-order chi connectivity index (χ0) is 22.4. The predicted octanol–water partition coefficient (Wildman–Crippen LogP) is 4.65. The Hall–Kier alpha value is -3.48. The van der Waals surface area contributed by atoms with Crippen LogP contribution in [0.15, 0.2) is 58.7 Å². The Kier molecular flexibility index (Phi) is 7.18. The van der Waals surface area contributed by atoms with E-state index in [1.807, 2.05) is 56.3 Å². The van der Waals surface area contributed by atoms with Gasteiger partial charge in [-0.15, -0.1) is 0 Å². The number of amidine groups is 1. The first-order valence-electron chi connectivity index (χ1n) is 10.1. The lowest BCUT2D eigenvalue weighted by Gasteiger charge is -2.13. The summed E-state index contributed by atoms with van der Waals surface area (Å²) in [6.07, 6.45) is 0. The van der Waals surface area contributed by atoms with Gasteiger partial charge in [0, 0.05) is 30.7 Å². The van der Waals surface area contributed by atoms with Crippen molar-refractivity contribution in [1.82, 2.24) is 9.47 Å². The maximum absolute atomic E-state index is 5.90. The second-order valence-electron chi connectivity index (χ2n) is 7.47. The lowest BCUT2D eigenvalue weighted by Crippen LogP contribution is -2.19. The number of methoxy groups -OCH3 is 1. The van der Waals surface area contributed by atoms with Crippen molar-refractivity contribution in [3.8, 4) is 11.5 Å². The second kappa shape index (κ2) is 10.0. The highest BCUT2D eigenvalue weighted by Crippen LogP contribution is 2.25. The molecule has 0 aliphatic rings. The summed E-state index contributed by atoms with van der Waals surface area (Å²) < 4.78 is 13.3. The van der Waals surface area contributed by atoms with Crippen molar-refractivity contribution in [1.29, 1.82) is 0 Å². The van der Waals surface area contributed by atoms with Gasteiger partial charge >= 0.3 is 0 Å². The Balaban J connectivity index is 1.79. The highest BCUT2D eigenvalue weighted by atomic mass is 16.6. The van der Waals surface area contributed by atoms with E-state index in [0.29, 0.717) is 13.2 Å². The summed E-state index contributed by atoms with van der Waals surface area (Å²) in [7, 11) is 7.17. The molecule has 0 fully saturated rings. The molecule has 3 rings (SSSR count). The summed E-state index contributed by atoms with van der Waals surface area (Å²) in [4.78, 5) is 11.7. The third-order valence-electron chi connectivity index (χ3n) is 5.06. The Morgan fingerprint density at radius 2 is 1.71 bits per heavy atom. The Labute approximate surface area is 183 Å². The molecule has 0 aliphatic carbocycles. The van der Waals surface area contributed by atoms with Gasteiger partial charge in [0.2, 0.25) is 0 Å². The SMILES string of the molecule is CON=C(COc1ccc(OC)cc1)Cn1c(C)cc2cc(N=C(C)N(C)C)ccc21. The predicted molar refractivity (Wildman–Crippen MR) is 126 cm³/mol. The average Bonchev–Trinajstić information content (AvgIpc) is 3.06. The quantitative estimate of drug-likeness (QED) is 0.301. The molecule has 3 aromatic rings. The standard InChI is InChI=1S/C24H30N4O3/c1-17-13-19-14-20(25-18(2)27(3)4)7-12-24(19)28(17)15-21(26-30-6)16-31-23-10-8-22(29-5)9-11-23/h7-14H,15-16H2,1-6H3. The number of ether oxygens (including phenoxy) is 2. The smallest absolute Gasteiger partial charge is 0.132 e. The van der Waals surface area contributed by atoms with Gasteiger partial charge in [-0.3, -0.25) is 0 Å². The van der Waals surface area contributed by atoms with Gasteiger partial charge in [0.15, 0.2) is 0 Å². The summed E-state index contributed by atoms with van der Waals surface area (Å²) in [6.45, 7) is 4.97. The number of aryl methyl sites for hydroxylation is 1. The van der Waals surface area contributed by atoms with Crippen LogP contribution in [0.1, 0.15) is 12.6 Å². The molecule has 0 spiro atoms. The first-order valence-corrected chi connectivity index (χ1v) is 10.1. The molecular weight excluding hydrogens is 392 g/mol. The molecule has 0 atom stereocenters. The van der Waals surface area contributed by atoms with Gasteiger partial charge in [0.05, 0.1) is 19.3 Å². The van der Waals surface area contributed by atoms with Crippen molar-refractivity contribution < 1.29 is 14.3 Å². The maximum Gasteiger partial charge on any atom is 0.132 e. The van der Waals surface area contributed by atoms with Crippen LogP contribution in [0.2, 0.25) is 0 Å². The molecule has 2 aromatic carbocycles. The van der Waals surface area contributed by atoms with Crippen molar-refractivity contribution >= 4 is 28.1 Å². The summed E-state index contributed by atoms with van der Waals surface area (Å²) in [5, 5.41) is 5.33. The van der Waals surface area contributed by atoms with E-state index in [4.69, 9.17) is 14.3 Å². The van der Waals surface area contributed by atoms with E-state index in [2.05, 4.69) is 39.8 Å². The minimum atomic E-state index is 0.323. The molecule has 7 heteroatoms. The molecule has 164 valence electrons. The highest BCUT2D eigenvalue weighted by molar-refractivity contribution is 5.90. The summed E-state index contributed by atoms with van der Waals surface area (Å²) >= 11 is 0. The van der Waals surface area contributed by atoms with E-state index in [1.165, 1.54) is 0 Å². The Bertz CT molecular complexity index is 1080. The van der Waals surface area contributed by atoms with Crippen LogP contribution in [-0.4, -0.2) is 55.9 Å².